The molecular formula is C30H48. The van der Waals surface area contributed by atoms with Gasteiger partial charge in [0.05, 0.1) is 0 Å². The first kappa shape index (κ1) is 25.1. The largest absolute Gasteiger partial charge is 0.0951 e. The van der Waals surface area contributed by atoms with Crippen LogP contribution in [0.2, 0.25) is 0 Å². The van der Waals surface area contributed by atoms with Crippen molar-refractivity contribution in [1.29, 1.82) is 0 Å². The van der Waals surface area contributed by atoms with Crippen molar-refractivity contribution in [1.82, 2.24) is 0 Å². The Morgan fingerprint density at radius 3 is 1.30 bits per heavy atom. The zero-order chi connectivity index (χ0) is 21.3. The predicted molar refractivity (Wildman–Crippen MR) is 133 cm³/mol. The van der Waals surface area contributed by atoms with E-state index in [1.54, 1.807) is 0 Å². The summed E-state index contributed by atoms with van der Waals surface area (Å²) >= 11 is 0. The van der Waals surface area contributed by atoms with E-state index in [1.165, 1.54) is 116 Å². The monoisotopic (exact) mass is 408 g/mol. The minimum absolute atomic E-state index is 0.627. The lowest BCUT2D eigenvalue weighted by Gasteiger charge is -2.25. The highest BCUT2D eigenvalue weighted by molar-refractivity contribution is 5.26. The van der Waals surface area contributed by atoms with Crippen molar-refractivity contribution in [2.75, 3.05) is 0 Å². The smallest absolute Gasteiger partial charge is 0.0206 e. The zero-order valence-corrected chi connectivity index (χ0v) is 20.2. The molecule has 0 radical (unpaired) electrons. The molecule has 0 aromatic heterocycles. The van der Waals surface area contributed by atoms with Crippen molar-refractivity contribution >= 4 is 0 Å². The number of hydrogen-bond donors (Lipinski definition) is 0. The van der Waals surface area contributed by atoms with Gasteiger partial charge < -0.3 is 0 Å². The molecule has 30 heavy (non-hydrogen) atoms. The van der Waals surface area contributed by atoms with E-state index in [4.69, 9.17) is 0 Å². The molecule has 0 amide bonds. The van der Waals surface area contributed by atoms with E-state index < -0.39 is 0 Å². The predicted octanol–water partition coefficient (Wildman–Crippen LogP) is 9.10. The SMILES string of the molecule is CCCCCCC1CCC(C#CC=CC#CC2CCC(CCCCCC)CC2)CC1. The topological polar surface area (TPSA) is 0 Å². The Bertz CT molecular complexity index is 507. The maximum Gasteiger partial charge on any atom is 0.0206 e. The summed E-state index contributed by atoms with van der Waals surface area (Å²) in [6.45, 7) is 4.59. The second-order valence-corrected chi connectivity index (χ2v) is 10.0. The van der Waals surface area contributed by atoms with Gasteiger partial charge in [0.2, 0.25) is 0 Å². The molecule has 0 heteroatoms. The molecule has 0 nitrogen and oxygen atoms in total. The Kier molecular flexibility index (Phi) is 13.9. The first-order valence-corrected chi connectivity index (χ1v) is 13.5. The van der Waals surface area contributed by atoms with Crippen molar-refractivity contribution in [3.8, 4) is 23.7 Å². The minimum Gasteiger partial charge on any atom is -0.0951 e. The summed E-state index contributed by atoms with van der Waals surface area (Å²) < 4.78 is 0. The normalized spacial score (nSPS) is 26.6. The highest BCUT2D eigenvalue weighted by Crippen LogP contribution is 2.32. The first-order valence-electron chi connectivity index (χ1n) is 13.5. The Hall–Kier alpha value is -1.14. The van der Waals surface area contributed by atoms with Crippen LogP contribution >= 0.6 is 0 Å². The second kappa shape index (κ2) is 16.5. The lowest BCUT2D eigenvalue weighted by molar-refractivity contribution is 0.294. The Morgan fingerprint density at radius 1 is 0.533 bits per heavy atom. The van der Waals surface area contributed by atoms with Crippen molar-refractivity contribution < 1.29 is 0 Å². The summed E-state index contributed by atoms with van der Waals surface area (Å²) in [5, 5.41) is 0. The molecular weight excluding hydrogens is 360 g/mol. The van der Waals surface area contributed by atoms with Gasteiger partial charge in [-0.1, -0.05) is 102 Å². The van der Waals surface area contributed by atoms with Crippen LogP contribution in [0.5, 0.6) is 0 Å². The molecule has 0 aliphatic heterocycles. The average molecular weight is 409 g/mol. The third kappa shape index (κ3) is 11.3. The Morgan fingerprint density at radius 2 is 0.933 bits per heavy atom. The minimum atomic E-state index is 0.627. The summed E-state index contributed by atoms with van der Waals surface area (Å²) in [7, 11) is 0. The molecule has 0 heterocycles. The molecule has 168 valence electrons. The van der Waals surface area contributed by atoms with Gasteiger partial charge in [0.25, 0.3) is 0 Å². The van der Waals surface area contributed by atoms with Crippen molar-refractivity contribution in [2.45, 2.75) is 129 Å². The van der Waals surface area contributed by atoms with Gasteiger partial charge >= 0.3 is 0 Å². The fourth-order valence-corrected chi connectivity index (χ4v) is 5.33. The van der Waals surface area contributed by atoms with Crippen LogP contribution in [0, 0.1) is 47.4 Å². The van der Waals surface area contributed by atoms with E-state index in [2.05, 4.69) is 37.5 Å². The summed E-state index contributed by atoms with van der Waals surface area (Å²) in [6, 6.07) is 0. The van der Waals surface area contributed by atoms with Crippen LogP contribution in [-0.2, 0) is 0 Å². The van der Waals surface area contributed by atoms with E-state index >= 15 is 0 Å². The molecule has 0 N–H and O–H groups in total. The molecule has 2 saturated carbocycles. The van der Waals surface area contributed by atoms with Crippen LogP contribution in [0.1, 0.15) is 129 Å². The average Bonchev–Trinajstić information content (AvgIpc) is 2.78. The van der Waals surface area contributed by atoms with Crippen LogP contribution in [0.15, 0.2) is 12.2 Å². The highest BCUT2D eigenvalue weighted by atomic mass is 14.2. The van der Waals surface area contributed by atoms with E-state index in [9.17, 15) is 0 Å². The molecule has 2 aliphatic rings. The fourth-order valence-electron chi connectivity index (χ4n) is 5.33. The quantitative estimate of drug-likeness (QED) is 0.250. The number of allylic oxidation sites excluding steroid dienone is 2. The summed E-state index contributed by atoms with van der Waals surface area (Å²) in [5.74, 6) is 16.7. The van der Waals surface area contributed by atoms with Gasteiger partial charge in [-0.05, 0) is 75.4 Å². The lowest BCUT2D eigenvalue weighted by Crippen LogP contribution is -2.13. The van der Waals surface area contributed by atoms with Crippen LogP contribution < -0.4 is 0 Å². The van der Waals surface area contributed by atoms with E-state index in [0.29, 0.717) is 11.8 Å². The number of hydrogen-bond acceptors (Lipinski definition) is 0. The molecule has 2 aliphatic carbocycles. The van der Waals surface area contributed by atoms with Crippen molar-refractivity contribution in [2.24, 2.45) is 23.7 Å². The zero-order valence-electron chi connectivity index (χ0n) is 20.2. The third-order valence-electron chi connectivity index (χ3n) is 7.45. The van der Waals surface area contributed by atoms with Crippen LogP contribution in [0.25, 0.3) is 0 Å². The van der Waals surface area contributed by atoms with Crippen LogP contribution in [-0.4, -0.2) is 0 Å². The molecule has 0 aromatic carbocycles. The summed E-state index contributed by atoms with van der Waals surface area (Å²) in [4.78, 5) is 0. The summed E-state index contributed by atoms with van der Waals surface area (Å²) in [5.41, 5.74) is 0. The maximum atomic E-state index is 3.49. The van der Waals surface area contributed by atoms with Gasteiger partial charge in [-0.15, -0.1) is 0 Å². The Balaban J connectivity index is 1.55. The van der Waals surface area contributed by atoms with Crippen LogP contribution in [0.3, 0.4) is 0 Å². The lowest BCUT2D eigenvalue weighted by atomic mass is 9.80. The van der Waals surface area contributed by atoms with Crippen molar-refractivity contribution in [3.63, 3.8) is 0 Å². The van der Waals surface area contributed by atoms with Gasteiger partial charge in [0.15, 0.2) is 0 Å². The molecule has 0 saturated heterocycles. The van der Waals surface area contributed by atoms with E-state index in [-0.39, 0.29) is 0 Å². The maximum absolute atomic E-state index is 3.49. The van der Waals surface area contributed by atoms with Gasteiger partial charge in [0.1, 0.15) is 0 Å². The molecule has 0 bridgehead atoms. The van der Waals surface area contributed by atoms with Crippen molar-refractivity contribution in [3.05, 3.63) is 12.2 Å². The van der Waals surface area contributed by atoms with Gasteiger partial charge in [0, 0.05) is 11.8 Å². The first-order chi connectivity index (χ1) is 14.8. The molecule has 2 fully saturated rings. The van der Waals surface area contributed by atoms with E-state index in [1.807, 2.05) is 12.2 Å². The summed E-state index contributed by atoms with van der Waals surface area (Å²) in [6.07, 6.45) is 29.0. The second-order valence-electron chi connectivity index (χ2n) is 10.0. The highest BCUT2D eigenvalue weighted by Gasteiger charge is 2.20. The van der Waals surface area contributed by atoms with Gasteiger partial charge in [-0.2, -0.15) is 0 Å². The molecule has 0 aromatic rings. The molecule has 2 rings (SSSR count). The van der Waals surface area contributed by atoms with Crippen LogP contribution in [0.4, 0.5) is 0 Å². The third-order valence-corrected chi connectivity index (χ3v) is 7.45. The molecule has 0 unspecified atom stereocenters. The van der Waals surface area contributed by atoms with Gasteiger partial charge in [-0.3, -0.25) is 0 Å². The van der Waals surface area contributed by atoms with Gasteiger partial charge in [-0.25, -0.2) is 0 Å². The Labute approximate surface area is 189 Å². The van der Waals surface area contributed by atoms with E-state index in [0.717, 1.165) is 11.8 Å². The number of rotatable bonds is 10. The molecule has 0 atom stereocenters. The fraction of sp³-hybridized carbons (Fsp3) is 0.800. The standard InChI is InChI=1S/C30H48/c1-3-5-7-11-15-27-19-23-29(24-20-27)17-13-9-10-14-18-30-25-21-28(22-26-30)16-12-8-6-4-2/h9-10,27-30H,3-8,11-12,15-16,19-26H2,1-2H3. The number of unbranched alkanes of at least 4 members (excludes halogenated alkanes) is 6. The molecule has 0 spiro atoms.